The van der Waals surface area contributed by atoms with Gasteiger partial charge in [0.25, 0.3) is 0 Å². The summed E-state index contributed by atoms with van der Waals surface area (Å²) in [6.07, 6.45) is 3.54. The Morgan fingerprint density at radius 1 is 0.955 bits per heavy atom. The predicted octanol–water partition coefficient (Wildman–Crippen LogP) is 2.50. The first-order chi connectivity index (χ1) is 10.2. The molecule has 0 atom stereocenters. The SMILES string of the molecule is O=S(=O)([O-])C(F)(F)F.[Cl][Ge].c1ccc(-c2ccccn2)nc1. The molecule has 11 heteroatoms. The molecule has 0 saturated heterocycles. The second-order valence-electron chi connectivity index (χ2n) is 3.33. The molecule has 2 aromatic heterocycles. The van der Waals surface area contributed by atoms with E-state index in [1.165, 1.54) is 15.6 Å². The molecule has 2 rings (SSSR count). The Morgan fingerprint density at radius 2 is 1.27 bits per heavy atom. The summed E-state index contributed by atoms with van der Waals surface area (Å²) < 4.78 is 58.9. The molecule has 3 radical (unpaired) electrons. The van der Waals surface area contributed by atoms with Gasteiger partial charge in [0.05, 0.1) is 11.4 Å². The Kier molecular flexibility index (Phi) is 9.25. The quantitative estimate of drug-likeness (QED) is 0.408. The van der Waals surface area contributed by atoms with Crippen LogP contribution in [0.2, 0.25) is 0 Å². The van der Waals surface area contributed by atoms with E-state index in [1.54, 1.807) is 12.4 Å². The maximum Gasteiger partial charge on any atom is 0.0886 e. The van der Waals surface area contributed by atoms with Crippen LogP contribution in [0.3, 0.4) is 0 Å². The van der Waals surface area contributed by atoms with E-state index in [9.17, 15) is 13.2 Å². The molecule has 0 saturated carbocycles. The zero-order valence-corrected chi connectivity index (χ0v) is 14.3. The van der Waals surface area contributed by atoms with E-state index in [0.717, 1.165) is 11.4 Å². The third-order valence-corrected chi connectivity index (χ3v) is 2.44. The van der Waals surface area contributed by atoms with E-state index in [2.05, 4.69) is 20.0 Å². The number of alkyl halides is 3. The second kappa shape index (κ2) is 9.77. The van der Waals surface area contributed by atoms with Crippen LogP contribution in [0, 0.1) is 0 Å². The number of hydrogen-bond acceptors (Lipinski definition) is 5. The molecule has 119 valence electrons. The maximum absolute atomic E-state index is 10.7. The van der Waals surface area contributed by atoms with Crippen LogP contribution in [0.5, 0.6) is 0 Å². The van der Waals surface area contributed by atoms with Crippen molar-refractivity contribution in [2.45, 2.75) is 5.51 Å². The van der Waals surface area contributed by atoms with Crippen LogP contribution in [-0.2, 0) is 10.1 Å². The predicted molar refractivity (Wildman–Crippen MR) is 74.8 cm³/mol. The van der Waals surface area contributed by atoms with Crippen LogP contribution in [0.15, 0.2) is 48.8 Å². The molecular weight excluding hydrogens is 405 g/mol. The summed E-state index contributed by atoms with van der Waals surface area (Å²) in [5, 5.41) is 0. The smallest absolute Gasteiger partial charge is 0.0886 e. The Hall–Kier alpha value is -1.17. The van der Waals surface area contributed by atoms with Gasteiger partial charge >= 0.3 is 31.1 Å². The standard InChI is InChI=1S/C10H8N2.CHF3O3S.ClGe/c1-3-7-11-9(5-1)10-6-2-4-8-12-10;2-1(3,4)8(5,6)7;1-2/h1-8H;(H,5,6,7);/p-1. The zero-order chi connectivity index (χ0) is 17.2. The largest absolute Gasteiger partial charge is 0.255 e. The fourth-order valence-corrected chi connectivity index (χ4v) is 1.03. The molecule has 0 aromatic carbocycles. The van der Waals surface area contributed by atoms with Crippen molar-refractivity contribution in [3.63, 3.8) is 0 Å². The fourth-order valence-electron chi connectivity index (χ4n) is 1.03. The van der Waals surface area contributed by atoms with E-state index in [-0.39, 0.29) is 0 Å². The van der Waals surface area contributed by atoms with Gasteiger partial charge in [0, 0.05) is 12.4 Å². The zero-order valence-electron chi connectivity index (χ0n) is 10.7. The first kappa shape index (κ1) is 20.8. The van der Waals surface area contributed by atoms with Crippen LogP contribution in [-0.4, -0.2) is 44.0 Å². The van der Waals surface area contributed by atoms with Crippen LogP contribution >= 0.6 is 10.0 Å². The van der Waals surface area contributed by atoms with Gasteiger partial charge in [0.15, 0.2) is 10.1 Å². The minimum absolute atomic E-state index is 0.915. The van der Waals surface area contributed by atoms with Crippen molar-refractivity contribution in [1.29, 1.82) is 0 Å². The summed E-state index contributed by atoms with van der Waals surface area (Å²) in [7, 11) is -1.45. The molecule has 0 N–H and O–H groups in total. The van der Waals surface area contributed by atoms with Gasteiger partial charge < -0.3 is 4.55 Å². The third kappa shape index (κ3) is 7.73. The molecule has 0 aliphatic carbocycles. The maximum atomic E-state index is 10.7. The van der Waals surface area contributed by atoms with Gasteiger partial charge in [-0.25, -0.2) is 8.42 Å². The fraction of sp³-hybridized carbons (Fsp3) is 0.0909. The number of hydrogen-bond donors (Lipinski definition) is 0. The van der Waals surface area contributed by atoms with Crippen molar-refractivity contribution in [2.75, 3.05) is 0 Å². The summed E-state index contributed by atoms with van der Waals surface area (Å²) in [5.41, 5.74) is -3.82. The monoisotopic (exact) mass is 414 g/mol. The Morgan fingerprint density at radius 3 is 1.45 bits per heavy atom. The summed E-state index contributed by atoms with van der Waals surface area (Å²) >= 11 is 1.47. The number of halogens is 4. The van der Waals surface area contributed by atoms with E-state index < -0.39 is 15.6 Å². The molecule has 2 heterocycles. The van der Waals surface area contributed by atoms with Gasteiger partial charge in [-0.15, -0.1) is 0 Å². The number of nitrogens with zero attached hydrogens (tertiary/aromatic N) is 2. The normalized spacial score (nSPS) is 10.6. The van der Waals surface area contributed by atoms with Crippen molar-refractivity contribution in [1.82, 2.24) is 9.97 Å². The van der Waals surface area contributed by atoms with Gasteiger partial charge in [-0.3, -0.25) is 9.97 Å². The number of pyridine rings is 2. The van der Waals surface area contributed by atoms with E-state index >= 15 is 0 Å². The molecule has 0 bridgehead atoms. The average molecular weight is 413 g/mol. The van der Waals surface area contributed by atoms with Crippen LogP contribution in [0.4, 0.5) is 13.2 Å². The first-order valence-corrected chi connectivity index (χ1v) is 9.42. The van der Waals surface area contributed by atoms with E-state index in [0.29, 0.717) is 0 Å². The molecule has 2 aromatic rings. The Labute approximate surface area is 137 Å². The summed E-state index contributed by atoms with van der Waals surface area (Å²) in [6, 6.07) is 11.6. The molecule has 5 nitrogen and oxygen atoms in total. The average Bonchev–Trinajstić information content (AvgIpc) is 2.50. The number of aromatic nitrogens is 2. The molecule has 0 aliphatic heterocycles. The van der Waals surface area contributed by atoms with Crippen LogP contribution in [0.1, 0.15) is 0 Å². The molecule has 0 amide bonds. The first-order valence-electron chi connectivity index (χ1n) is 5.25. The Bertz CT molecular complexity index is 605. The minimum Gasteiger partial charge on any atom is -0.255 e. The third-order valence-electron chi connectivity index (χ3n) is 1.88. The van der Waals surface area contributed by atoms with Gasteiger partial charge in [-0.2, -0.15) is 13.2 Å². The molecule has 0 unspecified atom stereocenters. The van der Waals surface area contributed by atoms with Gasteiger partial charge in [0.2, 0.25) is 0 Å². The van der Waals surface area contributed by atoms with Gasteiger partial charge in [-0.1, -0.05) is 12.1 Å². The molecule has 0 spiro atoms. The summed E-state index contributed by atoms with van der Waals surface area (Å²) in [5.74, 6) is 0. The van der Waals surface area contributed by atoms with Gasteiger partial charge in [0.1, 0.15) is 0 Å². The minimum atomic E-state index is -6.09. The Balaban J connectivity index is 0.000000388. The summed E-state index contributed by atoms with van der Waals surface area (Å²) in [6.45, 7) is 0. The van der Waals surface area contributed by atoms with Crippen LogP contribution in [0.25, 0.3) is 11.4 Å². The van der Waals surface area contributed by atoms with Crippen molar-refractivity contribution >= 4 is 35.7 Å². The summed E-state index contributed by atoms with van der Waals surface area (Å²) in [4.78, 5) is 8.37. The molecular formula is C11H8ClF3GeN2O3S-. The van der Waals surface area contributed by atoms with Crippen LogP contribution < -0.4 is 0 Å². The topological polar surface area (TPSA) is 83.0 Å². The molecule has 0 aliphatic rings. The van der Waals surface area contributed by atoms with Gasteiger partial charge in [-0.05, 0) is 24.3 Å². The van der Waals surface area contributed by atoms with Crippen molar-refractivity contribution in [3.8, 4) is 11.4 Å². The molecule has 0 fully saturated rings. The van der Waals surface area contributed by atoms with E-state index in [4.69, 9.17) is 13.0 Å². The van der Waals surface area contributed by atoms with Crippen molar-refractivity contribution in [3.05, 3.63) is 48.8 Å². The van der Waals surface area contributed by atoms with Crippen molar-refractivity contribution in [2.24, 2.45) is 0 Å². The number of rotatable bonds is 1. The van der Waals surface area contributed by atoms with Crippen molar-refractivity contribution < 1.29 is 26.1 Å². The van der Waals surface area contributed by atoms with E-state index in [1.807, 2.05) is 36.4 Å². The second-order valence-corrected chi connectivity index (χ2v) is 4.70. The molecule has 22 heavy (non-hydrogen) atoms.